The standard InChI is InChI=1S/C17H15F3N2O3/c1-22-7-6-11(14(23)16(22)25)15(24)21-13-5-3-9-2-4-10(8-12(9)13)17(18,19)20/h2,4,6-8,13,23H,3,5H2,1H3,(H,21,24)/t13-/m1/s1. The van der Waals surface area contributed by atoms with Crippen molar-refractivity contribution in [2.45, 2.75) is 25.1 Å². The first-order valence-electron chi connectivity index (χ1n) is 7.58. The Hall–Kier alpha value is -2.77. The molecule has 8 heteroatoms. The summed E-state index contributed by atoms with van der Waals surface area (Å²) in [7, 11) is 1.43. The number of halogens is 3. The predicted molar refractivity (Wildman–Crippen MR) is 83.3 cm³/mol. The summed E-state index contributed by atoms with van der Waals surface area (Å²) in [5.41, 5.74) is -0.552. The third kappa shape index (κ3) is 3.11. The highest BCUT2D eigenvalue weighted by atomic mass is 19.4. The monoisotopic (exact) mass is 352 g/mol. The van der Waals surface area contributed by atoms with Gasteiger partial charge >= 0.3 is 6.18 Å². The zero-order valence-corrected chi connectivity index (χ0v) is 13.2. The van der Waals surface area contributed by atoms with Crippen LogP contribution in [0.4, 0.5) is 13.2 Å². The maximum Gasteiger partial charge on any atom is 0.416 e. The summed E-state index contributed by atoms with van der Waals surface area (Å²) in [4.78, 5) is 24.0. The van der Waals surface area contributed by atoms with Crippen LogP contribution < -0.4 is 10.9 Å². The van der Waals surface area contributed by atoms with Gasteiger partial charge in [-0.05, 0) is 42.2 Å². The number of nitrogens with zero attached hydrogens (tertiary/aromatic N) is 1. The van der Waals surface area contributed by atoms with Crippen molar-refractivity contribution in [2.75, 3.05) is 0 Å². The number of fused-ring (bicyclic) bond motifs is 1. The van der Waals surface area contributed by atoms with Gasteiger partial charge in [0.25, 0.3) is 11.5 Å². The molecule has 0 saturated heterocycles. The van der Waals surface area contributed by atoms with Gasteiger partial charge in [-0.1, -0.05) is 6.07 Å². The molecule has 0 saturated carbocycles. The van der Waals surface area contributed by atoms with Crippen molar-refractivity contribution >= 4 is 5.91 Å². The van der Waals surface area contributed by atoms with Crippen LogP contribution in [0.1, 0.15) is 39.5 Å². The predicted octanol–water partition coefficient (Wildman–Crippen LogP) is 2.53. The molecule has 2 aromatic rings. The van der Waals surface area contributed by atoms with E-state index in [1.54, 1.807) is 0 Å². The van der Waals surface area contributed by atoms with Crippen molar-refractivity contribution < 1.29 is 23.1 Å². The van der Waals surface area contributed by atoms with Crippen LogP contribution in [0.15, 0.2) is 35.3 Å². The summed E-state index contributed by atoms with van der Waals surface area (Å²) >= 11 is 0. The Labute approximate surface area is 140 Å². The highest BCUT2D eigenvalue weighted by Gasteiger charge is 2.33. The molecule has 3 rings (SSSR count). The number of pyridine rings is 1. The number of carbonyl (C=O) groups excluding carboxylic acids is 1. The van der Waals surface area contributed by atoms with Gasteiger partial charge in [0.2, 0.25) is 0 Å². The lowest BCUT2D eigenvalue weighted by Crippen LogP contribution is -2.29. The van der Waals surface area contributed by atoms with E-state index in [-0.39, 0.29) is 5.56 Å². The van der Waals surface area contributed by atoms with E-state index in [4.69, 9.17) is 0 Å². The van der Waals surface area contributed by atoms with Crippen molar-refractivity contribution in [1.82, 2.24) is 9.88 Å². The Kier molecular flexibility index (Phi) is 4.06. The fraction of sp³-hybridized carbons (Fsp3) is 0.294. The van der Waals surface area contributed by atoms with Crippen LogP contribution in [0.25, 0.3) is 0 Å². The van der Waals surface area contributed by atoms with Gasteiger partial charge < -0.3 is 15.0 Å². The van der Waals surface area contributed by atoms with E-state index >= 15 is 0 Å². The zero-order valence-electron chi connectivity index (χ0n) is 13.2. The van der Waals surface area contributed by atoms with Crippen LogP contribution in [0, 0.1) is 0 Å². The van der Waals surface area contributed by atoms with Gasteiger partial charge in [-0.2, -0.15) is 13.2 Å². The molecule has 1 aromatic carbocycles. The second-order valence-electron chi connectivity index (χ2n) is 5.97. The summed E-state index contributed by atoms with van der Waals surface area (Å²) in [6, 6.07) is 4.16. The number of aromatic hydroxyl groups is 1. The molecule has 5 nitrogen and oxygen atoms in total. The van der Waals surface area contributed by atoms with Gasteiger partial charge in [-0.15, -0.1) is 0 Å². The molecule has 1 aliphatic rings. The van der Waals surface area contributed by atoms with Crippen molar-refractivity contribution in [2.24, 2.45) is 7.05 Å². The first-order valence-corrected chi connectivity index (χ1v) is 7.58. The first kappa shape index (κ1) is 17.1. The number of aromatic nitrogens is 1. The molecule has 0 radical (unpaired) electrons. The number of hydrogen-bond acceptors (Lipinski definition) is 3. The Bertz CT molecular complexity index is 903. The molecule has 0 spiro atoms. The molecule has 1 aliphatic carbocycles. The van der Waals surface area contributed by atoms with Gasteiger partial charge in [-0.3, -0.25) is 9.59 Å². The van der Waals surface area contributed by atoms with E-state index in [0.29, 0.717) is 18.4 Å². The van der Waals surface area contributed by atoms with Gasteiger partial charge in [0, 0.05) is 13.2 Å². The lowest BCUT2D eigenvalue weighted by atomic mass is 10.0. The van der Waals surface area contributed by atoms with Crippen LogP contribution in [-0.4, -0.2) is 15.6 Å². The van der Waals surface area contributed by atoms with Crippen LogP contribution >= 0.6 is 0 Å². The topological polar surface area (TPSA) is 71.3 Å². The molecule has 1 amide bonds. The lowest BCUT2D eigenvalue weighted by Gasteiger charge is -2.16. The summed E-state index contributed by atoms with van der Waals surface area (Å²) in [6.45, 7) is 0. The average Bonchev–Trinajstić information content (AvgIpc) is 2.94. The minimum absolute atomic E-state index is 0.205. The van der Waals surface area contributed by atoms with Gasteiger partial charge in [-0.25, -0.2) is 0 Å². The molecule has 1 heterocycles. The summed E-state index contributed by atoms with van der Waals surface area (Å²) in [5.74, 6) is -1.39. The molecule has 0 fully saturated rings. The lowest BCUT2D eigenvalue weighted by molar-refractivity contribution is -0.137. The highest BCUT2D eigenvalue weighted by Crippen LogP contribution is 2.37. The Morgan fingerprint density at radius 1 is 1.32 bits per heavy atom. The minimum Gasteiger partial charge on any atom is -0.502 e. The van der Waals surface area contributed by atoms with Gasteiger partial charge in [0.05, 0.1) is 17.2 Å². The molecule has 1 aromatic heterocycles. The van der Waals surface area contributed by atoms with Crippen molar-refractivity contribution in [3.8, 4) is 5.75 Å². The molecular weight excluding hydrogens is 337 g/mol. The maximum absolute atomic E-state index is 12.9. The largest absolute Gasteiger partial charge is 0.502 e. The Balaban J connectivity index is 1.88. The zero-order chi connectivity index (χ0) is 18.4. The number of amides is 1. The van der Waals surface area contributed by atoms with Gasteiger partial charge in [0.1, 0.15) is 0 Å². The van der Waals surface area contributed by atoms with Crippen molar-refractivity contribution in [1.29, 1.82) is 0 Å². The molecule has 1 atom stereocenters. The van der Waals surface area contributed by atoms with E-state index in [0.717, 1.165) is 22.3 Å². The number of aryl methyl sites for hydroxylation is 2. The van der Waals surface area contributed by atoms with E-state index in [2.05, 4.69) is 5.32 Å². The quantitative estimate of drug-likeness (QED) is 0.873. The van der Waals surface area contributed by atoms with Crippen LogP contribution in [0.5, 0.6) is 5.75 Å². The fourth-order valence-electron chi connectivity index (χ4n) is 2.96. The molecular formula is C17H15F3N2O3. The van der Waals surface area contributed by atoms with E-state index in [9.17, 15) is 27.9 Å². The number of hydrogen-bond donors (Lipinski definition) is 2. The van der Waals surface area contributed by atoms with Crippen LogP contribution in [0.3, 0.4) is 0 Å². The normalized spacial score (nSPS) is 16.6. The Morgan fingerprint density at radius 3 is 2.72 bits per heavy atom. The average molecular weight is 352 g/mol. The number of rotatable bonds is 2. The first-order chi connectivity index (χ1) is 11.7. The third-order valence-corrected chi connectivity index (χ3v) is 4.34. The van der Waals surface area contributed by atoms with E-state index < -0.39 is 35.0 Å². The molecule has 0 unspecified atom stereocenters. The number of carbonyl (C=O) groups is 1. The summed E-state index contributed by atoms with van der Waals surface area (Å²) in [5, 5.41) is 12.4. The second kappa shape index (κ2) is 5.94. The SMILES string of the molecule is Cn1ccc(C(=O)N[C@@H]2CCc3ccc(C(F)(F)F)cc32)c(O)c1=O. The van der Waals surface area contributed by atoms with E-state index in [1.165, 1.54) is 25.4 Å². The maximum atomic E-state index is 12.9. The summed E-state index contributed by atoms with van der Waals surface area (Å²) < 4.78 is 39.8. The van der Waals surface area contributed by atoms with Crippen LogP contribution in [-0.2, 0) is 19.6 Å². The summed E-state index contributed by atoms with van der Waals surface area (Å²) in [6.07, 6.45) is -2.13. The van der Waals surface area contributed by atoms with Crippen molar-refractivity contribution in [3.05, 3.63) is 63.1 Å². The molecule has 0 aliphatic heterocycles. The van der Waals surface area contributed by atoms with Crippen molar-refractivity contribution in [3.63, 3.8) is 0 Å². The van der Waals surface area contributed by atoms with E-state index in [1.807, 2.05) is 0 Å². The number of nitrogens with one attached hydrogen (secondary N) is 1. The van der Waals surface area contributed by atoms with Gasteiger partial charge in [0.15, 0.2) is 5.75 Å². The molecule has 25 heavy (non-hydrogen) atoms. The smallest absolute Gasteiger partial charge is 0.416 e. The molecule has 0 bridgehead atoms. The second-order valence-corrected chi connectivity index (χ2v) is 5.97. The fourth-order valence-corrected chi connectivity index (χ4v) is 2.96. The molecule has 2 N–H and O–H groups in total. The van der Waals surface area contributed by atoms with Crippen LogP contribution in [0.2, 0.25) is 0 Å². The molecule has 132 valence electrons. The number of benzene rings is 1. The highest BCUT2D eigenvalue weighted by molar-refractivity contribution is 5.96. The number of alkyl halides is 3. The minimum atomic E-state index is -4.46. The third-order valence-electron chi connectivity index (χ3n) is 4.34. The Morgan fingerprint density at radius 2 is 2.04 bits per heavy atom.